The van der Waals surface area contributed by atoms with Crippen LogP contribution in [-0.2, 0) is 10.1 Å². The molecule has 0 amide bonds. The van der Waals surface area contributed by atoms with Crippen LogP contribution in [0.3, 0.4) is 0 Å². The highest BCUT2D eigenvalue weighted by Gasteiger charge is 2.26. The van der Waals surface area contributed by atoms with Gasteiger partial charge < -0.3 is 5.73 Å². The van der Waals surface area contributed by atoms with Gasteiger partial charge in [-0.3, -0.25) is 9.45 Å². The Balaban J connectivity index is 4.30. The fraction of sp³-hybridized carbons (Fsp3) is 1.00. The molecule has 0 aliphatic heterocycles. The van der Waals surface area contributed by atoms with Crippen LogP contribution in [0.25, 0.3) is 0 Å². The topological polar surface area (TPSA) is 83.6 Å². The summed E-state index contributed by atoms with van der Waals surface area (Å²) in [5, 5.41) is 0. The molecule has 1 atom stereocenters. The van der Waals surface area contributed by atoms with Crippen molar-refractivity contribution in [3.8, 4) is 0 Å². The number of nitrogens with zero attached hydrogens (tertiary/aromatic N) is 1. The first-order valence-corrected chi connectivity index (χ1v) is 5.73. The molecule has 0 heterocycles. The summed E-state index contributed by atoms with van der Waals surface area (Å²) >= 11 is 0. The zero-order chi connectivity index (χ0) is 10.7. The third kappa shape index (κ3) is 4.56. The normalized spacial score (nSPS) is 17.4. The average Bonchev–Trinajstić information content (AvgIpc) is 1.98. The van der Waals surface area contributed by atoms with Crippen molar-refractivity contribution >= 4 is 10.1 Å². The molecule has 0 saturated heterocycles. The fourth-order valence-electron chi connectivity index (χ4n) is 1.02. The largest absolute Gasteiger partial charge is 0.313 e. The lowest BCUT2D eigenvalue weighted by atomic mass is 10.0. The maximum absolute atomic E-state index is 10.5. The second-order valence-corrected chi connectivity index (χ2v) is 4.96. The van der Waals surface area contributed by atoms with Gasteiger partial charge in [-0.1, -0.05) is 6.92 Å². The monoisotopic (exact) mass is 210 g/mol. The minimum Gasteiger partial charge on any atom is -0.313 e. The van der Waals surface area contributed by atoms with Crippen LogP contribution >= 0.6 is 0 Å². The lowest BCUT2D eigenvalue weighted by Crippen LogP contribution is -2.53. The number of hydrogen-bond donors (Lipinski definition) is 2. The molecule has 0 spiro atoms. The Hall–Kier alpha value is -0.170. The quantitative estimate of drug-likeness (QED) is 0.488. The van der Waals surface area contributed by atoms with E-state index in [1.165, 1.54) is 0 Å². The minimum absolute atomic E-state index is 0.231. The van der Waals surface area contributed by atoms with Gasteiger partial charge in [0.25, 0.3) is 10.1 Å². The predicted molar refractivity (Wildman–Crippen MR) is 51.9 cm³/mol. The van der Waals surface area contributed by atoms with E-state index in [0.717, 1.165) is 0 Å². The van der Waals surface area contributed by atoms with Gasteiger partial charge in [-0.2, -0.15) is 8.42 Å². The number of rotatable bonds is 5. The summed E-state index contributed by atoms with van der Waals surface area (Å²) in [5.74, 6) is -0.296. The van der Waals surface area contributed by atoms with E-state index >= 15 is 0 Å². The molecule has 0 bridgehead atoms. The van der Waals surface area contributed by atoms with E-state index in [1.54, 1.807) is 19.0 Å². The first-order valence-electron chi connectivity index (χ1n) is 4.13. The molecule has 1 unspecified atom stereocenters. The lowest BCUT2D eigenvalue weighted by molar-refractivity contribution is 0.147. The molecule has 13 heavy (non-hydrogen) atoms. The Labute approximate surface area is 79.7 Å². The van der Waals surface area contributed by atoms with Crippen molar-refractivity contribution in [2.75, 3.05) is 19.8 Å². The van der Waals surface area contributed by atoms with Gasteiger partial charge >= 0.3 is 0 Å². The number of hydrogen-bond acceptors (Lipinski definition) is 4. The van der Waals surface area contributed by atoms with Crippen LogP contribution in [0.15, 0.2) is 0 Å². The summed E-state index contributed by atoms with van der Waals surface area (Å²) in [6.45, 7) is 1.88. The molecule has 3 N–H and O–H groups in total. The van der Waals surface area contributed by atoms with E-state index in [0.29, 0.717) is 6.42 Å². The smallest absolute Gasteiger partial charge is 0.264 e. The molecule has 0 aliphatic rings. The zero-order valence-corrected chi connectivity index (χ0v) is 9.13. The van der Waals surface area contributed by atoms with E-state index in [2.05, 4.69) is 0 Å². The Bertz CT molecular complexity index is 250. The van der Waals surface area contributed by atoms with Crippen molar-refractivity contribution in [3.63, 3.8) is 0 Å². The van der Waals surface area contributed by atoms with Crippen molar-refractivity contribution in [2.24, 2.45) is 5.73 Å². The predicted octanol–water partition coefficient (Wildman–Crippen LogP) is -0.109. The van der Waals surface area contributed by atoms with Gasteiger partial charge in [0, 0.05) is 0 Å². The Morgan fingerprint density at radius 1 is 1.46 bits per heavy atom. The van der Waals surface area contributed by atoms with Gasteiger partial charge in [0.2, 0.25) is 0 Å². The van der Waals surface area contributed by atoms with Crippen LogP contribution in [0, 0.1) is 0 Å². The summed E-state index contributed by atoms with van der Waals surface area (Å²) in [4.78, 5) is 1.76. The highest BCUT2D eigenvalue weighted by atomic mass is 32.2. The highest BCUT2D eigenvalue weighted by molar-refractivity contribution is 7.85. The second-order valence-electron chi connectivity index (χ2n) is 3.39. The first-order chi connectivity index (χ1) is 5.71. The minimum atomic E-state index is -3.91. The van der Waals surface area contributed by atoms with E-state index in [4.69, 9.17) is 10.3 Å². The molecule has 0 aromatic heterocycles. The van der Waals surface area contributed by atoms with Crippen LogP contribution < -0.4 is 5.73 Å². The molecule has 80 valence electrons. The first kappa shape index (κ1) is 12.8. The van der Waals surface area contributed by atoms with Crippen LogP contribution in [0.1, 0.15) is 19.8 Å². The van der Waals surface area contributed by atoms with Crippen LogP contribution in [-0.4, -0.2) is 43.4 Å². The maximum atomic E-state index is 10.5. The SMILES string of the molecule is CCC(N)(CCS(=O)(=O)O)N(C)C. The Morgan fingerprint density at radius 2 is 1.92 bits per heavy atom. The maximum Gasteiger partial charge on any atom is 0.264 e. The van der Waals surface area contributed by atoms with Crippen LogP contribution in [0.5, 0.6) is 0 Å². The van der Waals surface area contributed by atoms with Crippen LogP contribution in [0.2, 0.25) is 0 Å². The van der Waals surface area contributed by atoms with Crippen LogP contribution in [0.4, 0.5) is 0 Å². The zero-order valence-electron chi connectivity index (χ0n) is 8.32. The summed E-state index contributed by atoms with van der Waals surface area (Å²) in [7, 11) is -0.337. The van der Waals surface area contributed by atoms with Gasteiger partial charge in [0.15, 0.2) is 0 Å². The summed E-state index contributed by atoms with van der Waals surface area (Å²) in [6, 6.07) is 0. The van der Waals surface area contributed by atoms with Gasteiger partial charge in [-0.25, -0.2) is 0 Å². The Morgan fingerprint density at radius 3 is 2.15 bits per heavy atom. The molecular weight excluding hydrogens is 192 g/mol. The van der Waals surface area contributed by atoms with E-state index < -0.39 is 15.8 Å². The van der Waals surface area contributed by atoms with Crippen molar-refractivity contribution in [1.29, 1.82) is 0 Å². The van der Waals surface area contributed by atoms with E-state index in [1.807, 2.05) is 6.92 Å². The Kier molecular flexibility index (Phi) is 4.31. The standard InChI is InChI=1S/C7H18N2O3S/c1-4-7(8,9(2)3)5-6-13(10,11)12/h4-6,8H2,1-3H3,(H,10,11,12). The van der Waals surface area contributed by atoms with Gasteiger partial charge in [0.05, 0.1) is 11.4 Å². The van der Waals surface area contributed by atoms with E-state index in [9.17, 15) is 8.42 Å². The van der Waals surface area contributed by atoms with Gasteiger partial charge in [0.1, 0.15) is 0 Å². The van der Waals surface area contributed by atoms with Gasteiger partial charge in [-0.05, 0) is 26.9 Å². The molecule has 0 rings (SSSR count). The molecule has 6 heteroatoms. The van der Waals surface area contributed by atoms with Crippen molar-refractivity contribution in [1.82, 2.24) is 4.90 Å². The second kappa shape index (κ2) is 4.36. The summed E-state index contributed by atoms with van der Waals surface area (Å²) in [5.41, 5.74) is 5.24. The molecule has 0 aromatic carbocycles. The third-order valence-corrected chi connectivity index (χ3v) is 3.02. The van der Waals surface area contributed by atoms with E-state index in [-0.39, 0.29) is 12.2 Å². The molecule has 0 radical (unpaired) electrons. The summed E-state index contributed by atoms with van der Waals surface area (Å²) < 4.78 is 29.6. The van der Waals surface area contributed by atoms with Crippen molar-refractivity contribution in [2.45, 2.75) is 25.4 Å². The highest BCUT2D eigenvalue weighted by Crippen LogP contribution is 2.14. The summed E-state index contributed by atoms with van der Waals surface area (Å²) in [6.07, 6.45) is 0.866. The molecule has 0 aromatic rings. The number of nitrogens with two attached hydrogens (primary N) is 1. The lowest BCUT2D eigenvalue weighted by Gasteiger charge is -2.35. The third-order valence-electron chi connectivity index (χ3n) is 2.30. The molecule has 0 saturated carbocycles. The molecule has 0 fully saturated rings. The average molecular weight is 210 g/mol. The molecule has 5 nitrogen and oxygen atoms in total. The van der Waals surface area contributed by atoms with Crippen molar-refractivity contribution < 1.29 is 13.0 Å². The molecular formula is C7H18N2O3S. The fourth-order valence-corrected chi connectivity index (χ4v) is 1.63. The molecule has 0 aliphatic carbocycles. The van der Waals surface area contributed by atoms with Gasteiger partial charge in [-0.15, -0.1) is 0 Å². The van der Waals surface area contributed by atoms with Crippen molar-refractivity contribution in [3.05, 3.63) is 0 Å².